The first kappa shape index (κ1) is 19.4. The van der Waals surface area contributed by atoms with Crippen LogP contribution in [0.3, 0.4) is 0 Å². The highest BCUT2D eigenvalue weighted by molar-refractivity contribution is 5.68. The van der Waals surface area contributed by atoms with Crippen LogP contribution in [0.1, 0.15) is 30.5 Å². The highest BCUT2D eigenvalue weighted by Gasteiger charge is 2.30. The normalized spacial score (nSPS) is 14.5. The number of alkyl halides is 3. The smallest absolute Gasteiger partial charge is 0.416 e. The van der Waals surface area contributed by atoms with Crippen LogP contribution in [0.2, 0.25) is 0 Å². The Morgan fingerprint density at radius 3 is 2.35 bits per heavy atom. The number of carboxylic acids is 1. The summed E-state index contributed by atoms with van der Waals surface area (Å²) in [5.41, 5.74) is -0.328. The first-order valence-electron chi connectivity index (χ1n) is 7.04. The third-order valence-electron chi connectivity index (χ3n) is 3.17. The van der Waals surface area contributed by atoms with Gasteiger partial charge in [0.15, 0.2) is 6.29 Å². The minimum atomic E-state index is -4.43. The average molecular weight is 335 g/mol. The lowest BCUT2D eigenvalue weighted by Gasteiger charge is -2.22. The fourth-order valence-corrected chi connectivity index (χ4v) is 2.02. The number of methoxy groups -OCH3 is 1. The number of carboxylic acid groups (broad SMARTS) is 1. The number of ether oxygens (including phenoxy) is 2. The maximum absolute atomic E-state index is 12.6. The summed E-state index contributed by atoms with van der Waals surface area (Å²) in [6, 6.07) is 3.76. The minimum Gasteiger partial charge on any atom is -0.481 e. The second-order valence-electron chi connectivity index (χ2n) is 4.80. The molecule has 8 heteroatoms. The van der Waals surface area contributed by atoms with E-state index in [4.69, 9.17) is 14.6 Å². The lowest BCUT2D eigenvalue weighted by Crippen LogP contribution is -2.34. The van der Waals surface area contributed by atoms with E-state index in [0.29, 0.717) is 12.2 Å². The molecule has 0 amide bonds. The van der Waals surface area contributed by atoms with Crippen molar-refractivity contribution in [3.63, 3.8) is 0 Å². The van der Waals surface area contributed by atoms with E-state index in [2.05, 4.69) is 5.32 Å². The molecule has 1 aromatic rings. The van der Waals surface area contributed by atoms with Crippen molar-refractivity contribution in [2.24, 2.45) is 0 Å². The van der Waals surface area contributed by atoms with Gasteiger partial charge >= 0.3 is 12.1 Å². The Balaban J connectivity index is 2.83. The number of rotatable bonds is 9. The number of aliphatic carboxylic acids is 1. The van der Waals surface area contributed by atoms with E-state index >= 15 is 0 Å². The number of nitrogens with one attached hydrogen (secondary N) is 1. The molecular formula is C15H20F3NO4. The van der Waals surface area contributed by atoms with Crippen molar-refractivity contribution in [1.29, 1.82) is 0 Å². The van der Waals surface area contributed by atoms with Crippen LogP contribution < -0.4 is 5.32 Å². The van der Waals surface area contributed by atoms with Crippen LogP contribution in [0.4, 0.5) is 13.2 Å². The van der Waals surface area contributed by atoms with Crippen LogP contribution in [0.15, 0.2) is 24.3 Å². The van der Waals surface area contributed by atoms with Gasteiger partial charge < -0.3 is 19.9 Å². The average Bonchev–Trinajstić information content (AvgIpc) is 2.49. The van der Waals surface area contributed by atoms with Crippen LogP contribution in [-0.2, 0) is 20.4 Å². The fourth-order valence-electron chi connectivity index (χ4n) is 2.02. The Morgan fingerprint density at radius 2 is 1.91 bits per heavy atom. The van der Waals surface area contributed by atoms with E-state index < -0.39 is 30.0 Å². The zero-order chi connectivity index (χ0) is 17.5. The van der Waals surface area contributed by atoms with Gasteiger partial charge in [-0.3, -0.25) is 4.79 Å². The summed E-state index contributed by atoms with van der Waals surface area (Å²) in [4.78, 5) is 11.0. The molecule has 2 atom stereocenters. The Labute approximate surface area is 132 Å². The summed E-state index contributed by atoms with van der Waals surface area (Å²) in [5, 5.41) is 11.9. The van der Waals surface area contributed by atoms with Crippen molar-refractivity contribution in [3.05, 3.63) is 35.4 Å². The summed E-state index contributed by atoms with van der Waals surface area (Å²) in [6.45, 7) is 2.42. The molecule has 0 aromatic heterocycles. The van der Waals surface area contributed by atoms with E-state index in [1.807, 2.05) is 0 Å². The molecule has 1 aromatic carbocycles. The van der Waals surface area contributed by atoms with Crippen LogP contribution in [0.5, 0.6) is 0 Å². The van der Waals surface area contributed by atoms with Crippen molar-refractivity contribution in [2.75, 3.05) is 20.3 Å². The maximum atomic E-state index is 12.6. The predicted octanol–water partition coefficient (Wildman–Crippen LogP) is 2.82. The van der Waals surface area contributed by atoms with Crippen molar-refractivity contribution in [1.82, 2.24) is 5.32 Å². The first-order chi connectivity index (χ1) is 10.8. The third kappa shape index (κ3) is 6.55. The van der Waals surface area contributed by atoms with Crippen molar-refractivity contribution in [3.8, 4) is 0 Å². The standard InChI is InChI=1S/C15H20F3NO4/c1-3-23-14(22-2)9-19-12(8-13(20)21)10-4-6-11(7-5-10)15(16,17)18/h4-7,12,14,19H,3,8-9H2,1-2H3,(H,20,21). The van der Waals surface area contributed by atoms with Crippen molar-refractivity contribution in [2.45, 2.75) is 31.9 Å². The molecule has 0 heterocycles. The van der Waals surface area contributed by atoms with Gasteiger partial charge in [0.05, 0.1) is 12.0 Å². The van der Waals surface area contributed by atoms with E-state index in [-0.39, 0.29) is 13.0 Å². The maximum Gasteiger partial charge on any atom is 0.416 e. The molecule has 0 saturated heterocycles. The first-order valence-corrected chi connectivity index (χ1v) is 7.04. The van der Waals surface area contributed by atoms with E-state index in [1.54, 1.807) is 6.92 Å². The molecule has 130 valence electrons. The third-order valence-corrected chi connectivity index (χ3v) is 3.17. The summed E-state index contributed by atoms with van der Waals surface area (Å²) in [6.07, 6.45) is -5.26. The summed E-state index contributed by atoms with van der Waals surface area (Å²) < 4.78 is 48.0. The van der Waals surface area contributed by atoms with Gasteiger partial charge in [-0.25, -0.2) is 0 Å². The van der Waals surface area contributed by atoms with Crippen LogP contribution in [-0.4, -0.2) is 37.6 Å². The molecule has 0 saturated carbocycles. The minimum absolute atomic E-state index is 0.212. The van der Waals surface area contributed by atoms with Gasteiger partial charge in [0.2, 0.25) is 0 Å². The number of hydrogen-bond acceptors (Lipinski definition) is 4. The van der Waals surface area contributed by atoms with E-state index in [9.17, 15) is 18.0 Å². The van der Waals surface area contributed by atoms with Gasteiger partial charge in [0.25, 0.3) is 0 Å². The topological polar surface area (TPSA) is 67.8 Å². The molecular weight excluding hydrogens is 315 g/mol. The second kappa shape index (κ2) is 8.85. The van der Waals surface area contributed by atoms with Crippen molar-refractivity contribution >= 4 is 5.97 Å². The number of carbonyl (C=O) groups is 1. The van der Waals surface area contributed by atoms with Crippen molar-refractivity contribution < 1.29 is 32.5 Å². The van der Waals surface area contributed by atoms with Crippen LogP contribution in [0.25, 0.3) is 0 Å². The zero-order valence-corrected chi connectivity index (χ0v) is 12.9. The largest absolute Gasteiger partial charge is 0.481 e. The summed E-state index contributed by atoms with van der Waals surface area (Å²) >= 11 is 0. The molecule has 0 aliphatic carbocycles. The highest BCUT2D eigenvalue weighted by atomic mass is 19.4. The monoisotopic (exact) mass is 335 g/mol. The van der Waals surface area contributed by atoms with E-state index in [1.165, 1.54) is 19.2 Å². The molecule has 0 fully saturated rings. The fraction of sp³-hybridized carbons (Fsp3) is 0.533. The van der Waals surface area contributed by atoms with Gasteiger partial charge in [-0.15, -0.1) is 0 Å². The van der Waals surface area contributed by atoms with E-state index in [0.717, 1.165) is 12.1 Å². The Hall–Kier alpha value is -1.64. The molecule has 5 nitrogen and oxygen atoms in total. The van der Waals surface area contributed by atoms with Crippen LogP contribution >= 0.6 is 0 Å². The Bertz CT molecular complexity index is 490. The number of halogens is 3. The van der Waals surface area contributed by atoms with Gasteiger partial charge in [-0.05, 0) is 24.6 Å². The van der Waals surface area contributed by atoms with Gasteiger partial charge in [0.1, 0.15) is 0 Å². The lowest BCUT2D eigenvalue weighted by atomic mass is 10.0. The SMILES string of the molecule is CCOC(CNC(CC(=O)O)c1ccc(C(F)(F)F)cc1)OC. The molecule has 0 radical (unpaired) electrons. The predicted molar refractivity (Wildman–Crippen MR) is 76.9 cm³/mol. The van der Waals surface area contributed by atoms with Gasteiger partial charge in [-0.2, -0.15) is 13.2 Å². The lowest BCUT2D eigenvalue weighted by molar-refractivity contribution is -0.139. The molecule has 2 N–H and O–H groups in total. The molecule has 0 aliphatic rings. The molecule has 0 aliphatic heterocycles. The van der Waals surface area contributed by atoms with Crippen LogP contribution in [0, 0.1) is 0 Å². The van der Waals surface area contributed by atoms with Gasteiger partial charge in [0, 0.05) is 26.3 Å². The molecule has 23 heavy (non-hydrogen) atoms. The molecule has 0 spiro atoms. The molecule has 0 bridgehead atoms. The number of hydrogen-bond donors (Lipinski definition) is 2. The Morgan fingerprint density at radius 1 is 1.30 bits per heavy atom. The quantitative estimate of drug-likeness (QED) is 0.679. The summed E-state index contributed by atoms with van der Waals surface area (Å²) in [7, 11) is 1.45. The zero-order valence-electron chi connectivity index (χ0n) is 12.9. The Kier molecular flexibility index (Phi) is 7.47. The second-order valence-corrected chi connectivity index (χ2v) is 4.80. The molecule has 1 rings (SSSR count). The summed E-state index contributed by atoms with van der Waals surface area (Å²) in [5.74, 6) is -1.06. The number of benzene rings is 1. The molecule has 2 unspecified atom stereocenters. The highest BCUT2D eigenvalue weighted by Crippen LogP contribution is 2.30. The van der Waals surface area contributed by atoms with Gasteiger partial charge in [-0.1, -0.05) is 12.1 Å².